The van der Waals surface area contributed by atoms with Crippen molar-refractivity contribution in [3.8, 4) is 0 Å². The number of nitrogens with zero attached hydrogens (tertiary/aromatic N) is 2. The van der Waals surface area contributed by atoms with E-state index in [-0.39, 0.29) is 0 Å². The maximum atomic E-state index is 4.75. The van der Waals surface area contributed by atoms with Crippen LogP contribution in [-0.4, -0.2) is 18.6 Å². The molecule has 3 rings (SSSR count). The third kappa shape index (κ3) is 1.74. The van der Waals surface area contributed by atoms with Crippen molar-refractivity contribution in [3.05, 3.63) is 40.1 Å². The molecular formula is C17H20N2. The summed E-state index contributed by atoms with van der Waals surface area (Å²) in [7, 11) is 2.17. The zero-order chi connectivity index (χ0) is 13.7. The summed E-state index contributed by atoms with van der Waals surface area (Å²) in [6.07, 6.45) is 2.33. The van der Waals surface area contributed by atoms with Crippen molar-refractivity contribution in [2.24, 2.45) is 0 Å². The average molecular weight is 252 g/mol. The highest BCUT2D eigenvalue weighted by molar-refractivity contribution is 6.01. The number of rotatable bonds is 0. The van der Waals surface area contributed by atoms with Gasteiger partial charge in [-0.1, -0.05) is 11.6 Å². The number of pyridine rings is 1. The highest BCUT2D eigenvalue weighted by Crippen LogP contribution is 2.39. The fraction of sp³-hybridized carbons (Fsp3) is 0.353. The van der Waals surface area contributed by atoms with Crippen LogP contribution >= 0.6 is 0 Å². The molecule has 0 saturated heterocycles. The van der Waals surface area contributed by atoms with Gasteiger partial charge >= 0.3 is 0 Å². The SMILES string of the molecule is CC1=Cc2c(C)c(C)c3nc(C)ccc3c2N(C)C1. The molecule has 0 unspecified atom stereocenters. The molecule has 0 N–H and O–H groups in total. The molecule has 98 valence electrons. The van der Waals surface area contributed by atoms with E-state index in [4.69, 9.17) is 4.98 Å². The number of hydrogen-bond acceptors (Lipinski definition) is 2. The summed E-state index contributed by atoms with van der Waals surface area (Å²) in [6.45, 7) is 9.65. The van der Waals surface area contributed by atoms with Crippen molar-refractivity contribution in [1.82, 2.24) is 4.98 Å². The van der Waals surface area contributed by atoms with Crippen molar-refractivity contribution < 1.29 is 0 Å². The molecule has 0 radical (unpaired) electrons. The Hall–Kier alpha value is -1.83. The van der Waals surface area contributed by atoms with Gasteiger partial charge in [-0.25, -0.2) is 0 Å². The van der Waals surface area contributed by atoms with E-state index in [1.165, 1.54) is 33.3 Å². The molecule has 0 amide bonds. The molecule has 2 heteroatoms. The summed E-state index contributed by atoms with van der Waals surface area (Å²) < 4.78 is 0. The van der Waals surface area contributed by atoms with Gasteiger partial charge in [0, 0.05) is 30.2 Å². The van der Waals surface area contributed by atoms with Crippen LogP contribution in [-0.2, 0) is 0 Å². The smallest absolute Gasteiger partial charge is 0.0758 e. The molecule has 0 aliphatic carbocycles. The number of benzene rings is 1. The van der Waals surface area contributed by atoms with E-state index in [0.29, 0.717) is 0 Å². The Labute approximate surface area is 114 Å². The van der Waals surface area contributed by atoms with Crippen molar-refractivity contribution >= 4 is 22.7 Å². The van der Waals surface area contributed by atoms with Crippen LogP contribution in [0.2, 0.25) is 0 Å². The van der Waals surface area contributed by atoms with Crippen molar-refractivity contribution in [2.75, 3.05) is 18.5 Å². The molecule has 19 heavy (non-hydrogen) atoms. The Bertz CT molecular complexity index is 711. The molecule has 0 saturated carbocycles. The topological polar surface area (TPSA) is 16.1 Å². The minimum absolute atomic E-state index is 0.998. The standard InChI is InChI=1S/C17H20N2/c1-10-8-15-12(3)13(4)16-14(7-6-11(2)18-16)17(15)19(5)9-10/h6-8H,9H2,1-5H3. The summed E-state index contributed by atoms with van der Waals surface area (Å²) in [4.78, 5) is 7.09. The first-order valence-electron chi connectivity index (χ1n) is 6.78. The lowest BCUT2D eigenvalue weighted by atomic mass is 9.92. The number of hydrogen-bond donors (Lipinski definition) is 0. The number of anilines is 1. The third-order valence-corrected chi connectivity index (χ3v) is 4.13. The summed E-state index contributed by atoms with van der Waals surface area (Å²) in [6, 6.07) is 4.32. The van der Waals surface area contributed by atoms with Crippen molar-refractivity contribution in [2.45, 2.75) is 27.7 Å². The maximum absolute atomic E-state index is 4.75. The molecule has 1 aromatic carbocycles. The predicted octanol–water partition coefficient (Wildman–Crippen LogP) is 4.01. The number of aryl methyl sites for hydroxylation is 2. The van der Waals surface area contributed by atoms with Crippen LogP contribution in [0.3, 0.4) is 0 Å². The molecule has 0 atom stereocenters. The highest BCUT2D eigenvalue weighted by atomic mass is 15.1. The summed E-state index contributed by atoms with van der Waals surface area (Å²) in [5.41, 5.74) is 8.99. The first-order valence-corrected chi connectivity index (χ1v) is 6.78. The number of fused-ring (bicyclic) bond motifs is 3. The molecule has 1 aliphatic heterocycles. The Kier molecular flexibility index (Phi) is 2.63. The van der Waals surface area contributed by atoms with Crippen molar-refractivity contribution in [3.63, 3.8) is 0 Å². The normalized spacial score (nSPS) is 14.6. The van der Waals surface area contributed by atoms with Gasteiger partial charge in [0.2, 0.25) is 0 Å². The Balaban J connectivity index is 2.49. The van der Waals surface area contributed by atoms with Crippen LogP contribution in [0.25, 0.3) is 17.0 Å². The van der Waals surface area contributed by atoms with E-state index >= 15 is 0 Å². The van der Waals surface area contributed by atoms with Gasteiger partial charge in [-0.15, -0.1) is 0 Å². The largest absolute Gasteiger partial charge is 0.370 e. The molecule has 1 aromatic heterocycles. The van der Waals surface area contributed by atoms with Gasteiger partial charge in [0.25, 0.3) is 0 Å². The molecule has 0 bridgehead atoms. The van der Waals surface area contributed by atoms with E-state index in [2.05, 4.69) is 57.9 Å². The van der Waals surface area contributed by atoms with Gasteiger partial charge in [-0.2, -0.15) is 0 Å². The number of aromatic nitrogens is 1. The van der Waals surface area contributed by atoms with Crippen LogP contribution in [0.4, 0.5) is 5.69 Å². The van der Waals surface area contributed by atoms with Crippen molar-refractivity contribution in [1.29, 1.82) is 0 Å². The van der Waals surface area contributed by atoms with E-state index in [0.717, 1.165) is 17.8 Å². The Morgan fingerprint density at radius 3 is 2.53 bits per heavy atom. The fourth-order valence-electron chi connectivity index (χ4n) is 3.07. The van der Waals surface area contributed by atoms with E-state index < -0.39 is 0 Å². The monoisotopic (exact) mass is 252 g/mol. The van der Waals surface area contributed by atoms with Gasteiger partial charge < -0.3 is 4.90 Å². The van der Waals surface area contributed by atoms with Gasteiger partial charge in [0.1, 0.15) is 0 Å². The minimum atomic E-state index is 0.998. The molecular weight excluding hydrogens is 232 g/mol. The Morgan fingerprint density at radius 2 is 1.79 bits per heavy atom. The third-order valence-electron chi connectivity index (χ3n) is 4.13. The average Bonchev–Trinajstić information content (AvgIpc) is 2.35. The highest BCUT2D eigenvalue weighted by Gasteiger charge is 2.20. The van der Waals surface area contributed by atoms with Crippen LogP contribution < -0.4 is 4.90 Å². The maximum Gasteiger partial charge on any atom is 0.0758 e. The predicted molar refractivity (Wildman–Crippen MR) is 82.9 cm³/mol. The lowest BCUT2D eigenvalue weighted by Crippen LogP contribution is -2.24. The van der Waals surface area contributed by atoms with Crippen LogP contribution in [0.15, 0.2) is 17.7 Å². The fourth-order valence-corrected chi connectivity index (χ4v) is 3.07. The summed E-state index contributed by atoms with van der Waals surface area (Å²) >= 11 is 0. The van der Waals surface area contributed by atoms with Gasteiger partial charge in [-0.05, 0) is 51.0 Å². The van der Waals surface area contributed by atoms with E-state index in [1.807, 2.05) is 0 Å². The van der Waals surface area contributed by atoms with Crippen LogP contribution in [0.5, 0.6) is 0 Å². The zero-order valence-corrected chi connectivity index (χ0v) is 12.3. The molecule has 2 aromatic rings. The quantitative estimate of drug-likeness (QED) is 0.704. The molecule has 2 nitrogen and oxygen atoms in total. The van der Waals surface area contributed by atoms with Crippen LogP contribution in [0, 0.1) is 20.8 Å². The second-order valence-electron chi connectivity index (χ2n) is 5.71. The van der Waals surface area contributed by atoms with Gasteiger partial charge in [-0.3, -0.25) is 4.98 Å². The number of likely N-dealkylation sites (N-methyl/N-ethyl adjacent to an activating group) is 1. The molecule has 2 heterocycles. The summed E-state index contributed by atoms with van der Waals surface area (Å²) in [5, 5.41) is 1.27. The van der Waals surface area contributed by atoms with E-state index in [9.17, 15) is 0 Å². The van der Waals surface area contributed by atoms with Crippen LogP contribution in [0.1, 0.15) is 29.3 Å². The lowest BCUT2D eigenvalue weighted by Gasteiger charge is -2.30. The minimum Gasteiger partial charge on any atom is -0.370 e. The second-order valence-corrected chi connectivity index (χ2v) is 5.71. The summed E-state index contributed by atoms with van der Waals surface area (Å²) in [5.74, 6) is 0. The molecule has 1 aliphatic rings. The van der Waals surface area contributed by atoms with Gasteiger partial charge in [0.05, 0.1) is 11.2 Å². The Morgan fingerprint density at radius 1 is 1.05 bits per heavy atom. The first-order chi connectivity index (χ1) is 8.99. The lowest BCUT2D eigenvalue weighted by molar-refractivity contribution is 0.973. The molecule has 0 fully saturated rings. The first kappa shape index (κ1) is 12.2. The zero-order valence-electron chi connectivity index (χ0n) is 12.3. The molecule has 0 spiro atoms. The second kappa shape index (κ2) is 4.09. The van der Waals surface area contributed by atoms with Gasteiger partial charge in [0.15, 0.2) is 0 Å². The van der Waals surface area contributed by atoms with E-state index in [1.54, 1.807) is 0 Å².